The normalized spacial score (nSPS) is 16.4. The van der Waals surface area contributed by atoms with Gasteiger partial charge in [-0.25, -0.2) is 8.42 Å². The zero-order valence-corrected chi connectivity index (χ0v) is 23.7. The van der Waals surface area contributed by atoms with Crippen LogP contribution in [0.15, 0.2) is 52.5 Å². The minimum atomic E-state index is -3.65. The van der Waals surface area contributed by atoms with E-state index in [0.29, 0.717) is 49.9 Å². The molecule has 1 N–H and O–H groups in total. The quantitative estimate of drug-likeness (QED) is 0.412. The van der Waals surface area contributed by atoms with Gasteiger partial charge in [0.25, 0.3) is 0 Å². The Morgan fingerprint density at radius 2 is 1.87 bits per heavy atom. The summed E-state index contributed by atoms with van der Waals surface area (Å²) in [5, 5.41) is 8.30. The Hall–Kier alpha value is -3.28. The van der Waals surface area contributed by atoms with Crippen LogP contribution in [0.3, 0.4) is 0 Å². The minimum Gasteiger partial charge on any atom is -0.493 e. The lowest BCUT2D eigenvalue weighted by Gasteiger charge is -2.33. The zero-order chi connectivity index (χ0) is 27.4. The summed E-state index contributed by atoms with van der Waals surface area (Å²) in [6.07, 6.45) is 3.39. The van der Waals surface area contributed by atoms with E-state index in [1.807, 2.05) is 29.8 Å². The van der Waals surface area contributed by atoms with E-state index in [9.17, 15) is 8.42 Å². The fourth-order valence-electron chi connectivity index (χ4n) is 5.03. The summed E-state index contributed by atoms with van der Waals surface area (Å²) in [6, 6.07) is 11.0. The average Bonchev–Trinajstić information content (AvgIpc) is 3.32. The van der Waals surface area contributed by atoms with E-state index >= 15 is 0 Å². The van der Waals surface area contributed by atoms with Crippen LogP contribution in [0.25, 0.3) is 0 Å². The van der Waals surface area contributed by atoms with E-state index in [4.69, 9.17) is 14.8 Å². The highest BCUT2D eigenvalue weighted by molar-refractivity contribution is 7.89. The maximum absolute atomic E-state index is 13.6. The van der Waals surface area contributed by atoms with Crippen LogP contribution in [0.5, 0.6) is 5.75 Å². The topological polar surface area (TPSA) is 105 Å². The Balaban J connectivity index is 1.45. The number of ether oxygens (including phenoxy) is 1. The van der Waals surface area contributed by atoms with Crippen molar-refractivity contribution >= 4 is 21.5 Å². The van der Waals surface area contributed by atoms with Gasteiger partial charge in [-0.05, 0) is 49.7 Å². The maximum Gasteiger partial charge on any atom is 0.243 e. The first kappa shape index (κ1) is 27.3. The molecule has 208 valence electrons. The number of nitrogens with one attached hydrogen (secondary N) is 1. The molecule has 0 saturated carbocycles. The molecule has 3 aromatic rings. The van der Waals surface area contributed by atoms with Gasteiger partial charge in [0.2, 0.25) is 10.0 Å². The van der Waals surface area contributed by atoms with E-state index < -0.39 is 10.0 Å². The summed E-state index contributed by atoms with van der Waals surface area (Å²) < 4.78 is 36.8. The SMILES string of the molecule is CCCOc1ccc(S(=O)(=O)N2CCN(CC)CC2)cc1C1=NCc2nn(Cc3ccccn3)c(CC)c2N1. The number of hydrogen-bond acceptors (Lipinski definition) is 8. The predicted molar refractivity (Wildman–Crippen MR) is 152 cm³/mol. The number of nitrogens with zero attached hydrogens (tertiary/aromatic N) is 6. The molecule has 0 radical (unpaired) electrons. The van der Waals surface area contributed by atoms with E-state index in [0.717, 1.165) is 55.2 Å². The van der Waals surface area contributed by atoms with Crippen LogP contribution in [-0.4, -0.2) is 77.6 Å². The Morgan fingerprint density at radius 1 is 1.05 bits per heavy atom. The molecule has 0 atom stereocenters. The van der Waals surface area contributed by atoms with Crippen molar-refractivity contribution in [2.75, 3.05) is 44.6 Å². The van der Waals surface area contributed by atoms with Crippen molar-refractivity contribution in [3.05, 3.63) is 65.2 Å². The molecular weight excluding hydrogens is 514 g/mol. The average molecular weight is 552 g/mol. The van der Waals surface area contributed by atoms with Crippen molar-refractivity contribution in [1.29, 1.82) is 0 Å². The molecule has 5 rings (SSSR count). The van der Waals surface area contributed by atoms with Gasteiger partial charge in [0.05, 0.1) is 47.2 Å². The number of sulfonamides is 1. The maximum atomic E-state index is 13.6. The number of anilines is 1. The first-order valence-corrected chi connectivity index (χ1v) is 15.2. The van der Waals surface area contributed by atoms with Gasteiger partial charge >= 0.3 is 0 Å². The van der Waals surface area contributed by atoms with Crippen molar-refractivity contribution < 1.29 is 13.2 Å². The van der Waals surface area contributed by atoms with Crippen molar-refractivity contribution in [3.63, 3.8) is 0 Å². The molecular formula is C28H37N7O3S. The molecule has 2 aliphatic rings. The fraction of sp³-hybridized carbons (Fsp3) is 0.464. The summed E-state index contributed by atoms with van der Waals surface area (Å²) in [4.78, 5) is 11.7. The van der Waals surface area contributed by atoms with Crippen LogP contribution in [0.1, 0.15) is 49.8 Å². The molecule has 0 unspecified atom stereocenters. The molecule has 2 aliphatic heterocycles. The van der Waals surface area contributed by atoms with E-state index in [2.05, 4.69) is 29.0 Å². The van der Waals surface area contributed by atoms with Crippen LogP contribution in [0.4, 0.5) is 5.69 Å². The summed E-state index contributed by atoms with van der Waals surface area (Å²) in [6.45, 7) is 11.1. The van der Waals surface area contributed by atoms with Crippen molar-refractivity contribution in [3.8, 4) is 5.75 Å². The Morgan fingerprint density at radius 3 is 2.56 bits per heavy atom. The largest absolute Gasteiger partial charge is 0.493 e. The molecule has 0 spiro atoms. The fourth-order valence-corrected chi connectivity index (χ4v) is 6.48. The number of benzene rings is 1. The number of rotatable bonds is 10. The van der Waals surface area contributed by atoms with E-state index in [-0.39, 0.29) is 4.90 Å². The first-order chi connectivity index (χ1) is 18.9. The smallest absolute Gasteiger partial charge is 0.243 e. The number of fused-ring (bicyclic) bond motifs is 1. The molecule has 1 fully saturated rings. The van der Waals surface area contributed by atoms with Gasteiger partial charge in [-0.1, -0.05) is 26.8 Å². The monoisotopic (exact) mass is 551 g/mol. The molecule has 10 nitrogen and oxygen atoms in total. The Labute approximate surface area is 230 Å². The molecule has 1 aromatic carbocycles. The number of hydrogen-bond donors (Lipinski definition) is 1. The van der Waals surface area contributed by atoms with Crippen molar-refractivity contribution in [2.24, 2.45) is 4.99 Å². The number of amidine groups is 1. The molecule has 2 aromatic heterocycles. The lowest BCUT2D eigenvalue weighted by atomic mass is 10.1. The van der Waals surface area contributed by atoms with Crippen molar-refractivity contribution in [1.82, 2.24) is 24.0 Å². The highest BCUT2D eigenvalue weighted by Gasteiger charge is 2.30. The molecule has 11 heteroatoms. The number of pyridine rings is 1. The lowest BCUT2D eigenvalue weighted by Crippen LogP contribution is -2.48. The third-order valence-corrected chi connectivity index (χ3v) is 9.11. The van der Waals surface area contributed by atoms with Crippen LogP contribution < -0.4 is 10.1 Å². The van der Waals surface area contributed by atoms with Gasteiger partial charge in [0.1, 0.15) is 17.3 Å². The molecule has 4 heterocycles. The second-order valence-electron chi connectivity index (χ2n) is 9.74. The molecule has 0 amide bonds. The van der Waals surface area contributed by atoms with E-state index in [1.165, 1.54) is 0 Å². The summed E-state index contributed by atoms with van der Waals surface area (Å²) in [5.74, 6) is 1.20. The number of aliphatic imine (C=N–C) groups is 1. The third-order valence-electron chi connectivity index (χ3n) is 7.22. The van der Waals surface area contributed by atoms with Gasteiger partial charge in [-0.15, -0.1) is 0 Å². The molecule has 0 aliphatic carbocycles. The van der Waals surface area contributed by atoms with Crippen LogP contribution in [-0.2, 0) is 29.5 Å². The standard InChI is InChI=1S/C28H37N7O3S/c1-4-17-38-26-11-10-22(39(36,37)34-15-13-33(6-3)14-16-34)18-23(26)28-30-19-24-27(31-28)25(5-2)35(32-24)20-21-9-7-8-12-29-21/h7-12,18H,4-6,13-17,19-20H2,1-3H3,(H,30,31). The first-order valence-electron chi connectivity index (χ1n) is 13.7. The highest BCUT2D eigenvalue weighted by atomic mass is 32.2. The van der Waals surface area contributed by atoms with Crippen LogP contribution in [0, 0.1) is 0 Å². The zero-order valence-electron chi connectivity index (χ0n) is 22.9. The second kappa shape index (κ2) is 11.8. The minimum absolute atomic E-state index is 0.253. The highest BCUT2D eigenvalue weighted by Crippen LogP contribution is 2.32. The number of aromatic nitrogens is 3. The van der Waals surface area contributed by atoms with Crippen molar-refractivity contribution in [2.45, 2.75) is 51.6 Å². The van der Waals surface area contributed by atoms with Gasteiger partial charge < -0.3 is 15.0 Å². The summed E-state index contributed by atoms with van der Waals surface area (Å²) >= 11 is 0. The Bertz CT molecular complexity index is 1430. The van der Waals surface area contributed by atoms with Gasteiger partial charge in [-0.2, -0.15) is 9.40 Å². The Kier molecular flexibility index (Phi) is 8.29. The number of piperazine rings is 1. The summed E-state index contributed by atoms with van der Waals surface area (Å²) in [7, 11) is -3.65. The van der Waals surface area contributed by atoms with Gasteiger partial charge in [-0.3, -0.25) is 14.7 Å². The molecule has 39 heavy (non-hydrogen) atoms. The van der Waals surface area contributed by atoms with Crippen LogP contribution >= 0.6 is 0 Å². The molecule has 0 bridgehead atoms. The van der Waals surface area contributed by atoms with E-state index in [1.54, 1.807) is 28.7 Å². The lowest BCUT2D eigenvalue weighted by molar-refractivity contribution is 0.196. The summed E-state index contributed by atoms with van der Waals surface area (Å²) in [5.41, 5.74) is 4.41. The predicted octanol–water partition coefficient (Wildman–Crippen LogP) is 3.38. The van der Waals surface area contributed by atoms with Crippen LogP contribution in [0.2, 0.25) is 0 Å². The number of likely N-dealkylation sites (N-methyl/N-ethyl adjacent to an activating group) is 1. The second-order valence-corrected chi connectivity index (χ2v) is 11.7. The molecule has 1 saturated heterocycles. The third kappa shape index (κ3) is 5.70. The van der Waals surface area contributed by atoms with Gasteiger partial charge in [0.15, 0.2) is 0 Å². The van der Waals surface area contributed by atoms with Gasteiger partial charge in [0, 0.05) is 32.4 Å².